The topological polar surface area (TPSA) is 67.1 Å². The zero-order chi connectivity index (χ0) is 14.7. The lowest BCUT2D eigenvalue weighted by molar-refractivity contribution is 0.102. The molecule has 104 valence electrons. The number of carbonyl (C=O) groups excluding carboxylic acids is 1. The number of rotatable bonds is 3. The monoisotopic (exact) mass is 313 g/mol. The van der Waals surface area contributed by atoms with E-state index in [0.29, 0.717) is 16.9 Å². The SMILES string of the molecule is NNc1ccc(C(=O)Nc2cc(Cl)c(F)c(Cl)c2)cc1. The van der Waals surface area contributed by atoms with Crippen LogP contribution in [0.3, 0.4) is 0 Å². The van der Waals surface area contributed by atoms with E-state index in [2.05, 4.69) is 10.7 Å². The summed E-state index contributed by atoms with van der Waals surface area (Å²) >= 11 is 11.3. The second-order valence-corrected chi connectivity index (χ2v) is 4.74. The third-order valence-corrected chi connectivity index (χ3v) is 3.11. The molecule has 0 spiro atoms. The van der Waals surface area contributed by atoms with E-state index >= 15 is 0 Å². The number of carbonyl (C=O) groups is 1. The van der Waals surface area contributed by atoms with E-state index in [1.165, 1.54) is 12.1 Å². The van der Waals surface area contributed by atoms with Gasteiger partial charge in [0.1, 0.15) is 0 Å². The molecule has 4 N–H and O–H groups in total. The van der Waals surface area contributed by atoms with Gasteiger partial charge in [0.2, 0.25) is 0 Å². The van der Waals surface area contributed by atoms with Crippen LogP contribution in [0.25, 0.3) is 0 Å². The van der Waals surface area contributed by atoms with Crippen LogP contribution in [0.5, 0.6) is 0 Å². The molecule has 0 aromatic heterocycles. The van der Waals surface area contributed by atoms with Crippen molar-refractivity contribution in [3.8, 4) is 0 Å². The summed E-state index contributed by atoms with van der Waals surface area (Å²) in [4.78, 5) is 12.0. The van der Waals surface area contributed by atoms with Gasteiger partial charge in [0.25, 0.3) is 5.91 Å². The molecule has 2 aromatic rings. The summed E-state index contributed by atoms with van der Waals surface area (Å²) < 4.78 is 13.3. The maximum Gasteiger partial charge on any atom is 0.255 e. The minimum absolute atomic E-state index is 0.157. The summed E-state index contributed by atoms with van der Waals surface area (Å²) in [5.74, 6) is 4.15. The Labute approximate surface area is 124 Å². The first-order valence-corrected chi connectivity index (χ1v) is 6.29. The molecule has 7 heteroatoms. The van der Waals surface area contributed by atoms with E-state index in [0.717, 1.165) is 0 Å². The number of hydrogen-bond acceptors (Lipinski definition) is 3. The van der Waals surface area contributed by atoms with Crippen molar-refractivity contribution in [2.75, 3.05) is 10.7 Å². The molecule has 2 aromatic carbocycles. The smallest absolute Gasteiger partial charge is 0.255 e. The highest BCUT2D eigenvalue weighted by Gasteiger charge is 2.11. The number of nitrogens with one attached hydrogen (secondary N) is 2. The molecule has 0 atom stereocenters. The van der Waals surface area contributed by atoms with Gasteiger partial charge in [0.05, 0.1) is 10.0 Å². The molecule has 0 fully saturated rings. The maximum atomic E-state index is 13.3. The van der Waals surface area contributed by atoms with Gasteiger partial charge in [-0.25, -0.2) is 4.39 Å². The molecule has 20 heavy (non-hydrogen) atoms. The van der Waals surface area contributed by atoms with Gasteiger partial charge in [-0.1, -0.05) is 23.2 Å². The quantitative estimate of drug-likeness (QED) is 0.460. The molecular formula is C13H10Cl2FN3O. The lowest BCUT2D eigenvalue weighted by atomic mass is 10.2. The summed E-state index contributed by atoms with van der Waals surface area (Å²) in [6, 6.07) is 9.07. The first kappa shape index (κ1) is 14.6. The van der Waals surface area contributed by atoms with Gasteiger partial charge in [0, 0.05) is 16.9 Å². The summed E-state index contributed by atoms with van der Waals surface area (Å²) in [6.07, 6.45) is 0. The fourth-order valence-corrected chi connectivity index (χ4v) is 2.04. The lowest BCUT2D eigenvalue weighted by Crippen LogP contribution is -2.12. The van der Waals surface area contributed by atoms with Crippen LogP contribution in [0.4, 0.5) is 15.8 Å². The Morgan fingerprint density at radius 3 is 2.10 bits per heavy atom. The highest BCUT2D eigenvalue weighted by Crippen LogP contribution is 2.27. The second kappa shape index (κ2) is 6.09. The molecule has 0 unspecified atom stereocenters. The Hall–Kier alpha value is -1.82. The van der Waals surface area contributed by atoms with Crippen LogP contribution >= 0.6 is 23.2 Å². The van der Waals surface area contributed by atoms with Gasteiger partial charge < -0.3 is 10.7 Å². The number of nitrogen functional groups attached to an aromatic ring is 1. The average Bonchev–Trinajstić information content (AvgIpc) is 2.44. The van der Waals surface area contributed by atoms with Crippen LogP contribution < -0.4 is 16.6 Å². The number of hydrazine groups is 1. The van der Waals surface area contributed by atoms with Crippen molar-refractivity contribution in [2.45, 2.75) is 0 Å². The molecule has 0 saturated heterocycles. The van der Waals surface area contributed by atoms with Gasteiger partial charge in [-0.3, -0.25) is 10.6 Å². The Kier molecular flexibility index (Phi) is 4.44. The molecule has 4 nitrogen and oxygen atoms in total. The standard InChI is InChI=1S/C13H10Cl2FN3O/c14-10-5-9(6-11(15)12(10)16)18-13(20)7-1-3-8(19-17)4-2-7/h1-6,19H,17H2,(H,18,20). The Morgan fingerprint density at radius 1 is 1.05 bits per heavy atom. The minimum atomic E-state index is -0.718. The van der Waals surface area contributed by atoms with E-state index in [1.807, 2.05) is 0 Å². The van der Waals surface area contributed by atoms with E-state index in [9.17, 15) is 9.18 Å². The molecule has 0 radical (unpaired) electrons. The molecule has 0 aliphatic carbocycles. The predicted molar refractivity (Wildman–Crippen MR) is 78.6 cm³/mol. The van der Waals surface area contributed by atoms with E-state index < -0.39 is 5.82 Å². The van der Waals surface area contributed by atoms with Crippen molar-refractivity contribution >= 4 is 40.5 Å². The lowest BCUT2D eigenvalue weighted by Gasteiger charge is -2.08. The molecule has 0 aliphatic rings. The van der Waals surface area contributed by atoms with Crippen LogP contribution in [-0.2, 0) is 0 Å². The maximum absolute atomic E-state index is 13.3. The third kappa shape index (κ3) is 3.19. The molecule has 0 aliphatic heterocycles. The number of amides is 1. The fourth-order valence-electron chi connectivity index (χ4n) is 1.55. The zero-order valence-electron chi connectivity index (χ0n) is 10.1. The van der Waals surface area contributed by atoms with Crippen molar-refractivity contribution in [1.82, 2.24) is 0 Å². The minimum Gasteiger partial charge on any atom is -0.324 e. The van der Waals surface area contributed by atoms with Gasteiger partial charge >= 0.3 is 0 Å². The Balaban J connectivity index is 2.18. The van der Waals surface area contributed by atoms with Crippen LogP contribution in [0.15, 0.2) is 36.4 Å². The molecule has 0 bridgehead atoms. The van der Waals surface area contributed by atoms with E-state index in [4.69, 9.17) is 29.0 Å². The Bertz CT molecular complexity index is 624. The van der Waals surface area contributed by atoms with Crippen LogP contribution in [0, 0.1) is 5.82 Å². The highest BCUT2D eigenvalue weighted by atomic mass is 35.5. The molecule has 0 heterocycles. The summed E-state index contributed by atoms with van der Waals surface area (Å²) in [5.41, 5.74) is 3.86. The number of anilines is 2. The fraction of sp³-hybridized carbons (Fsp3) is 0. The highest BCUT2D eigenvalue weighted by molar-refractivity contribution is 6.35. The zero-order valence-corrected chi connectivity index (χ0v) is 11.6. The number of nitrogens with two attached hydrogens (primary N) is 1. The van der Waals surface area contributed by atoms with E-state index in [-0.39, 0.29) is 16.0 Å². The summed E-state index contributed by atoms with van der Waals surface area (Å²) in [7, 11) is 0. The van der Waals surface area contributed by atoms with Crippen LogP contribution in [0.2, 0.25) is 10.0 Å². The molecule has 1 amide bonds. The second-order valence-electron chi connectivity index (χ2n) is 3.93. The summed E-state index contributed by atoms with van der Waals surface area (Å²) in [5, 5.41) is 2.26. The normalized spacial score (nSPS) is 10.2. The van der Waals surface area contributed by atoms with Crippen LogP contribution in [-0.4, -0.2) is 5.91 Å². The van der Waals surface area contributed by atoms with Crippen molar-refractivity contribution in [1.29, 1.82) is 0 Å². The van der Waals surface area contributed by atoms with Gasteiger partial charge in [-0.15, -0.1) is 0 Å². The van der Waals surface area contributed by atoms with Crippen molar-refractivity contribution in [3.05, 3.63) is 57.8 Å². The summed E-state index contributed by atoms with van der Waals surface area (Å²) in [6.45, 7) is 0. The predicted octanol–water partition coefficient (Wildman–Crippen LogP) is 3.67. The number of hydrogen-bond donors (Lipinski definition) is 3. The first-order valence-electron chi connectivity index (χ1n) is 5.54. The van der Waals surface area contributed by atoms with Gasteiger partial charge in [0.15, 0.2) is 5.82 Å². The largest absolute Gasteiger partial charge is 0.324 e. The van der Waals surface area contributed by atoms with Crippen molar-refractivity contribution in [2.24, 2.45) is 5.84 Å². The van der Waals surface area contributed by atoms with Crippen molar-refractivity contribution in [3.63, 3.8) is 0 Å². The van der Waals surface area contributed by atoms with Crippen LogP contribution in [0.1, 0.15) is 10.4 Å². The first-order chi connectivity index (χ1) is 9.51. The molecule has 2 rings (SSSR count). The van der Waals surface area contributed by atoms with Gasteiger partial charge in [-0.05, 0) is 36.4 Å². The Morgan fingerprint density at radius 2 is 1.60 bits per heavy atom. The number of halogens is 3. The average molecular weight is 314 g/mol. The third-order valence-electron chi connectivity index (χ3n) is 2.56. The molecule has 0 saturated carbocycles. The van der Waals surface area contributed by atoms with E-state index in [1.54, 1.807) is 24.3 Å². The van der Waals surface area contributed by atoms with Crippen molar-refractivity contribution < 1.29 is 9.18 Å². The van der Waals surface area contributed by atoms with Gasteiger partial charge in [-0.2, -0.15) is 0 Å². The molecular weight excluding hydrogens is 304 g/mol. The number of benzene rings is 2.